The van der Waals surface area contributed by atoms with Crippen LogP contribution in [-0.4, -0.2) is 27.8 Å². The fraction of sp³-hybridized carbons (Fsp3) is 0.211. The number of imidazole rings is 1. The van der Waals surface area contributed by atoms with Crippen LogP contribution in [0.1, 0.15) is 28.4 Å². The first-order valence-corrected chi connectivity index (χ1v) is 8.07. The van der Waals surface area contributed by atoms with Crippen molar-refractivity contribution in [2.45, 2.75) is 26.8 Å². The zero-order chi connectivity index (χ0) is 18.0. The average Bonchev–Trinajstić information content (AvgIpc) is 2.95. The molecule has 25 heavy (non-hydrogen) atoms. The summed E-state index contributed by atoms with van der Waals surface area (Å²) in [7, 11) is 0. The Bertz CT molecular complexity index is 892. The van der Waals surface area contributed by atoms with Crippen molar-refractivity contribution < 1.29 is 9.59 Å². The highest BCUT2D eigenvalue weighted by Gasteiger charge is 2.18. The molecule has 3 aromatic rings. The Morgan fingerprint density at radius 3 is 2.44 bits per heavy atom. The van der Waals surface area contributed by atoms with Crippen molar-refractivity contribution in [3.05, 3.63) is 59.2 Å². The Balaban J connectivity index is 1.66. The molecule has 3 N–H and O–H groups in total. The maximum atomic E-state index is 12.3. The summed E-state index contributed by atoms with van der Waals surface area (Å²) in [5, 5.41) is 5.40. The second-order valence-corrected chi connectivity index (χ2v) is 6.16. The van der Waals surface area contributed by atoms with E-state index in [0.29, 0.717) is 11.5 Å². The Kier molecular flexibility index (Phi) is 4.52. The maximum Gasteiger partial charge on any atom is 0.251 e. The first-order valence-electron chi connectivity index (χ1n) is 8.07. The molecule has 2 amide bonds. The molecule has 1 heterocycles. The number of aromatic nitrogens is 2. The standard InChI is InChI=1S/C19H20N4O2/c1-11-8-12(2)10-14(9-11)18(25)20-13(3)17(24)23-19-21-15-6-4-5-7-16(15)22-19/h4-10,13H,1-3H3,(H,20,25)(H2,21,22,23,24)/t13-/m0/s1. The summed E-state index contributed by atoms with van der Waals surface area (Å²) in [6.45, 7) is 5.50. The number of aryl methyl sites for hydroxylation is 2. The molecular formula is C19H20N4O2. The third-order valence-corrected chi connectivity index (χ3v) is 3.86. The van der Waals surface area contributed by atoms with Gasteiger partial charge >= 0.3 is 0 Å². The lowest BCUT2D eigenvalue weighted by Gasteiger charge is -2.13. The van der Waals surface area contributed by atoms with E-state index in [9.17, 15) is 9.59 Å². The number of hydrogen-bond acceptors (Lipinski definition) is 3. The van der Waals surface area contributed by atoms with Crippen molar-refractivity contribution in [1.29, 1.82) is 0 Å². The molecule has 2 aromatic carbocycles. The summed E-state index contributed by atoms with van der Waals surface area (Å²) >= 11 is 0. The van der Waals surface area contributed by atoms with E-state index in [1.54, 1.807) is 19.1 Å². The van der Waals surface area contributed by atoms with Crippen molar-refractivity contribution in [3.8, 4) is 0 Å². The molecule has 1 aromatic heterocycles. The van der Waals surface area contributed by atoms with Crippen LogP contribution in [0.4, 0.5) is 5.95 Å². The summed E-state index contributed by atoms with van der Waals surface area (Å²) in [6.07, 6.45) is 0. The minimum atomic E-state index is -0.693. The number of nitrogens with one attached hydrogen (secondary N) is 3. The number of amides is 2. The largest absolute Gasteiger partial charge is 0.341 e. The number of nitrogens with zero attached hydrogens (tertiary/aromatic N) is 1. The van der Waals surface area contributed by atoms with Crippen LogP contribution in [0.5, 0.6) is 0 Å². The molecule has 1 atom stereocenters. The van der Waals surface area contributed by atoms with Crippen molar-refractivity contribution in [2.75, 3.05) is 5.32 Å². The maximum absolute atomic E-state index is 12.3. The number of aromatic amines is 1. The predicted molar refractivity (Wildman–Crippen MR) is 97.6 cm³/mol. The Hall–Kier alpha value is -3.15. The topological polar surface area (TPSA) is 86.9 Å². The van der Waals surface area contributed by atoms with Gasteiger partial charge in [0.1, 0.15) is 6.04 Å². The number of anilines is 1. The van der Waals surface area contributed by atoms with E-state index in [2.05, 4.69) is 20.6 Å². The highest BCUT2D eigenvalue weighted by atomic mass is 16.2. The minimum Gasteiger partial charge on any atom is -0.341 e. The van der Waals surface area contributed by atoms with E-state index in [0.717, 1.165) is 22.2 Å². The average molecular weight is 336 g/mol. The Morgan fingerprint density at radius 1 is 1.08 bits per heavy atom. The van der Waals surface area contributed by atoms with Gasteiger partial charge in [-0.2, -0.15) is 0 Å². The fourth-order valence-corrected chi connectivity index (χ4v) is 2.69. The Labute approximate surface area is 145 Å². The number of benzene rings is 2. The number of hydrogen-bond donors (Lipinski definition) is 3. The number of fused-ring (bicyclic) bond motifs is 1. The third kappa shape index (κ3) is 3.85. The molecule has 128 valence electrons. The molecule has 0 aliphatic rings. The van der Waals surface area contributed by atoms with E-state index in [1.807, 2.05) is 44.2 Å². The van der Waals surface area contributed by atoms with Gasteiger partial charge in [-0.3, -0.25) is 14.9 Å². The van der Waals surface area contributed by atoms with Crippen molar-refractivity contribution in [2.24, 2.45) is 0 Å². The number of H-pyrrole nitrogens is 1. The number of carbonyl (C=O) groups is 2. The third-order valence-electron chi connectivity index (χ3n) is 3.86. The predicted octanol–water partition coefficient (Wildman–Crippen LogP) is 2.94. The van der Waals surface area contributed by atoms with Crippen LogP contribution in [-0.2, 0) is 4.79 Å². The molecule has 6 nitrogen and oxygen atoms in total. The molecule has 0 aliphatic heterocycles. The number of carbonyl (C=O) groups excluding carboxylic acids is 2. The van der Waals surface area contributed by atoms with Gasteiger partial charge < -0.3 is 10.3 Å². The van der Waals surface area contributed by atoms with Gasteiger partial charge in [-0.15, -0.1) is 0 Å². The van der Waals surface area contributed by atoms with Crippen LogP contribution < -0.4 is 10.6 Å². The summed E-state index contributed by atoms with van der Waals surface area (Å²) < 4.78 is 0. The quantitative estimate of drug-likeness (QED) is 0.684. The van der Waals surface area contributed by atoms with Crippen LogP contribution in [0.3, 0.4) is 0 Å². The van der Waals surface area contributed by atoms with Gasteiger partial charge in [-0.25, -0.2) is 4.98 Å². The van der Waals surface area contributed by atoms with E-state index >= 15 is 0 Å². The molecular weight excluding hydrogens is 316 g/mol. The van der Waals surface area contributed by atoms with E-state index in [4.69, 9.17) is 0 Å². The molecule has 3 rings (SSSR count). The summed E-state index contributed by atoms with van der Waals surface area (Å²) in [4.78, 5) is 32.0. The number of para-hydroxylation sites is 2. The summed E-state index contributed by atoms with van der Waals surface area (Å²) in [5.41, 5.74) is 4.16. The van der Waals surface area contributed by atoms with Gasteiger partial charge in [0.25, 0.3) is 5.91 Å². The lowest BCUT2D eigenvalue weighted by Crippen LogP contribution is -2.41. The summed E-state index contributed by atoms with van der Waals surface area (Å²) in [5.74, 6) is -0.255. The van der Waals surface area contributed by atoms with Gasteiger partial charge in [0, 0.05) is 5.56 Å². The molecule has 0 radical (unpaired) electrons. The van der Waals surface area contributed by atoms with Gasteiger partial charge in [-0.1, -0.05) is 29.3 Å². The van der Waals surface area contributed by atoms with Crippen molar-refractivity contribution in [3.63, 3.8) is 0 Å². The number of rotatable bonds is 4. The molecule has 0 saturated heterocycles. The second kappa shape index (κ2) is 6.76. The first kappa shape index (κ1) is 16.7. The monoisotopic (exact) mass is 336 g/mol. The van der Waals surface area contributed by atoms with Gasteiger partial charge in [-0.05, 0) is 45.0 Å². The van der Waals surface area contributed by atoms with Crippen molar-refractivity contribution >= 4 is 28.8 Å². The molecule has 0 unspecified atom stereocenters. The molecule has 6 heteroatoms. The minimum absolute atomic E-state index is 0.279. The van der Waals surface area contributed by atoms with Crippen LogP contribution in [0.25, 0.3) is 11.0 Å². The van der Waals surface area contributed by atoms with Crippen molar-refractivity contribution in [1.82, 2.24) is 15.3 Å². The molecule has 0 aliphatic carbocycles. The highest BCUT2D eigenvalue weighted by molar-refractivity contribution is 6.01. The molecule has 0 fully saturated rings. The van der Waals surface area contributed by atoms with Gasteiger partial charge in [0.15, 0.2) is 0 Å². The zero-order valence-corrected chi connectivity index (χ0v) is 14.4. The lowest BCUT2D eigenvalue weighted by atomic mass is 10.1. The molecule has 0 bridgehead atoms. The van der Waals surface area contributed by atoms with E-state index in [1.165, 1.54) is 0 Å². The van der Waals surface area contributed by atoms with Gasteiger partial charge in [0.2, 0.25) is 11.9 Å². The van der Waals surface area contributed by atoms with Gasteiger partial charge in [0.05, 0.1) is 11.0 Å². The fourth-order valence-electron chi connectivity index (χ4n) is 2.69. The smallest absolute Gasteiger partial charge is 0.251 e. The molecule has 0 saturated carbocycles. The highest BCUT2D eigenvalue weighted by Crippen LogP contribution is 2.13. The van der Waals surface area contributed by atoms with E-state index in [-0.39, 0.29) is 11.8 Å². The SMILES string of the molecule is Cc1cc(C)cc(C(=O)N[C@@H](C)C(=O)Nc2nc3ccccc3[nH]2)c1. The van der Waals surface area contributed by atoms with E-state index < -0.39 is 6.04 Å². The second-order valence-electron chi connectivity index (χ2n) is 6.16. The van der Waals surface area contributed by atoms with Crippen LogP contribution in [0.2, 0.25) is 0 Å². The first-order chi connectivity index (χ1) is 11.9. The molecule has 0 spiro atoms. The normalized spacial score (nSPS) is 12.0. The summed E-state index contributed by atoms with van der Waals surface area (Å²) in [6, 6.07) is 12.4. The van der Waals surface area contributed by atoms with Crippen LogP contribution in [0.15, 0.2) is 42.5 Å². The van der Waals surface area contributed by atoms with Crippen LogP contribution in [0, 0.1) is 13.8 Å². The lowest BCUT2D eigenvalue weighted by molar-refractivity contribution is -0.117. The Morgan fingerprint density at radius 2 is 1.76 bits per heavy atom. The van der Waals surface area contributed by atoms with Crippen LogP contribution >= 0.6 is 0 Å². The zero-order valence-electron chi connectivity index (χ0n) is 14.4.